The summed E-state index contributed by atoms with van der Waals surface area (Å²) in [5.74, 6) is 0.365. The number of thioether (sulfide) groups is 2. The first-order chi connectivity index (χ1) is 14.0. The van der Waals surface area contributed by atoms with Gasteiger partial charge in [-0.15, -0.1) is 11.8 Å². The van der Waals surface area contributed by atoms with Gasteiger partial charge in [-0.2, -0.15) is 0 Å². The van der Waals surface area contributed by atoms with E-state index in [0.717, 1.165) is 37.3 Å². The lowest BCUT2D eigenvalue weighted by molar-refractivity contribution is -0.125. The molecular formula is C22H24FN3OS2. The van der Waals surface area contributed by atoms with Crippen LogP contribution in [-0.2, 0) is 10.3 Å². The molecule has 2 aromatic rings. The molecule has 0 aromatic heterocycles. The van der Waals surface area contributed by atoms with Crippen LogP contribution in [0.3, 0.4) is 0 Å². The Morgan fingerprint density at radius 1 is 1.03 bits per heavy atom. The highest BCUT2D eigenvalue weighted by atomic mass is 32.2. The van der Waals surface area contributed by atoms with Crippen molar-refractivity contribution in [3.8, 4) is 0 Å². The van der Waals surface area contributed by atoms with Crippen LogP contribution in [0.1, 0.15) is 11.1 Å². The Morgan fingerprint density at radius 2 is 1.62 bits per heavy atom. The Hall–Kier alpha value is -1.83. The minimum Gasteiger partial charge on any atom is -0.334 e. The number of rotatable bonds is 4. The zero-order chi connectivity index (χ0) is 20.4. The first-order valence-corrected chi connectivity index (χ1v) is 11.8. The van der Waals surface area contributed by atoms with Crippen LogP contribution in [0.15, 0.2) is 58.4 Å². The van der Waals surface area contributed by atoms with Crippen molar-refractivity contribution in [1.82, 2.24) is 9.80 Å². The highest BCUT2D eigenvalue weighted by Gasteiger charge is 2.42. The predicted octanol–water partition coefficient (Wildman–Crippen LogP) is 3.71. The van der Waals surface area contributed by atoms with E-state index in [1.807, 2.05) is 11.2 Å². The van der Waals surface area contributed by atoms with Gasteiger partial charge in [-0.1, -0.05) is 36.0 Å². The molecule has 1 saturated heterocycles. The SMILES string of the molecule is CSc1ccc(C2(c3ccc(F)cc3)CSC(C(=O)N3CCN(C)CC3)=N2)cc1. The molecule has 2 heterocycles. The number of hydrogen-bond acceptors (Lipinski definition) is 5. The van der Waals surface area contributed by atoms with Crippen LogP contribution in [0, 0.1) is 5.82 Å². The molecule has 0 spiro atoms. The quantitative estimate of drug-likeness (QED) is 0.695. The fraction of sp³-hybridized carbons (Fsp3) is 0.364. The van der Waals surface area contributed by atoms with Crippen molar-refractivity contribution in [1.29, 1.82) is 0 Å². The number of nitrogens with zero attached hydrogens (tertiary/aromatic N) is 3. The highest BCUT2D eigenvalue weighted by molar-refractivity contribution is 8.16. The second kappa shape index (κ2) is 8.50. The van der Waals surface area contributed by atoms with Crippen LogP contribution >= 0.6 is 23.5 Å². The van der Waals surface area contributed by atoms with Gasteiger partial charge in [0.2, 0.25) is 0 Å². The molecule has 2 aliphatic rings. The largest absolute Gasteiger partial charge is 0.334 e. The molecule has 0 aliphatic carbocycles. The summed E-state index contributed by atoms with van der Waals surface area (Å²) >= 11 is 3.19. The number of hydrogen-bond donors (Lipinski definition) is 0. The van der Waals surface area contributed by atoms with Crippen molar-refractivity contribution < 1.29 is 9.18 Å². The van der Waals surface area contributed by atoms with Gasteiger partial charge in [0.15, 0.2) is 5.04 Å². The molecule has 0 saturated carbocycles. The third-order valence-corrected chi connectivity index (χ3v) is 7.42. The van der Waals surface area contributed by atoms with Gasteiger partial charge in [0.1, 0.15) is 11.4 Å². The van der Waals surface area contributed by atoms with E-state index in [-0.39, 0.29) is 11.7 Å². The minimum absolute atomic E-state index is 0.00724. The molecule has 7 heteroatoms. The van der Waals surface area contributed by atoms with Gasteiger partial charge >= 0.3 is 0 Å². The maximum absolute atomic E-state index is 13.6. The van der Waals surface area contributed by atoms with E-state index in [9.17, 15) is 9.18 Å². The molecule has 29 heavy (non-hydrogen) atoms. The topological polar surface area (TPSA) is 35.9 Å². The normalized spacial score (nSPS) is 22.6. The zero-order valence-corrected chi connectivity index (χ0v) is 18.2. The van der Waals surface area contributed by atoms with Gasteiger partial charge in [0.05, 0.1) is 0 Å². The van der Waals surface area contributed by atoms with Crippen LogP contribution in [0.25, 0.3) is 0 Å². The van der Waals surface area contributed by atoms with Crippen LogP contribution in [0.2, 0.25) is 0 Å². The predicted molar refractivity (Wildman–Crippen MR) is 119 cm³/mol. The van der Waals surface area contributed by atoms with Crippen molar-refractivity contribution in [3.63, 3.8) is 0 Å². The molecule has 0 bridgehead atoms. The monoisotopic (exact) mass is 429 g/mol. The van der Waals surface area contributed by atoms with Crippen LogP contribution < -0.4 is 0 Å². The van der Waals surface area contributed by atoms with Gasteiger partial charge < -0.3 is 9.80 Å². The fourth-order valence-corrected chi connectivity index (χ4v) is 5.34. The number of carbonyl (C=O) groups excluding carboxylic acids is 1. The molecule has 0 N–H and O–H groups in total. The fourth-order valence-electron chi connectivity index (χ4n) is 3.72. The minimum atomic E-state index is -0.674. The Bertz CT molecular complexity index is 909. The van der Waals surface area contributed by atoms with Crippen molar-refractivity contribution in [2.45, 2.75) is 10.4 Å². The van der Waals surface area contributed by atoms with Gasteiger partial charge in [-0.25, -0.2) is 4.39 Å². The Balaban J connectivity index is 1.71. The molecule has 0 radical (unpaired) electrons. The Morgan fingerprint density at radius 3 is 2.21 bits per heavy atom. The second-order valence-electron chi connectivity index (χ2n) is 7.40. The molecule has 4 nitrogen and oxygen atoms in total. The lowest BCUT2D eigenvalue weighted by Gasteiger charge is -2.32. The maximum Gasteiger partial charge on any atom is 0.278 e. The summed E-state index contributed by atoms with van der Waals surface area (Å²) in [5, 5.41) is 0.549. The summed E-state index contributed by atoms with van der Waals surface area (Å²) in [6, 6.07) is 14.8. The summed E-state index contributed by atoms with van der Waals surface area (Å²) in [7, 11) is 2.07. The molecule has 1 fully saturated rings. The third-order valence-electron chi connectivity index (χ3n) is 5.57. The highest BCUT2D eigenvalue weighted by Crippen LogP contribution is 2.43. The lowest BCUT2D eigenvalue weighted by atomic mass is 9.85. The van der Waals surface area contributed by atoms with E-state index in [1.54, 1.807) is 23.9 Å². The van der Waals surface area contributed by atoms with Gasteiger partial charge in [0.25, 0.3) is 5.91 Å². The maximum atomic E-state index is 13.6. The average Bonchev–Trinajstić information content (AvgIpc) is 3.21. The van der Waals surface area contributed by atoms with E-state index < -0.39 is 5.54 Å². The molecular weight excluding hydrogens is 405 g/mol. The number of likely N-dealkylation sites (N-methyl/N-ethyl adjacent to an activating group) is 1. The van der Waals surface area contributed by atoms with Gasteiger partial charge in [-0.3, -0.25) is 9.79 Å². The summed E-state index contributed by atoms with van der Waals surface area (Å²) in [5.41, 5.74) is 1.26. The number of amides is 1. The average molecular weight is 430 g/mol. The first kappa shape index (κ1) is 20.4. The molecule has 152 valence electrons. The molecule has 2 aliphatic heterocycles. The second-order valence-corrected chi connectivity index (χ2v) is 9.24. The zero-order valence-electron chi connectivity index (χ0n) is 16.6. The smallest absolute Gasteiger partial charge is 0.278 e. The van der Waals surface area contributed by atoms with Crippen LogP contribution in [0.4, 0.5) is 4.39 Å². The van der Waals surface area contributed by atoms with Crippen molar-refractivity contribution in [3.05, 3.63) is 65.5 Å². The lowest BCUT2D eigenvalue weighted by Crippen LogP contribution is -2.48. The Labute approximate surface area is 179 Å². The number of piperazine rings is 1. The molecule has 2 aromatic carbocycles. The molecule has 1 amide bonds. The summed E-state index contributed by atoms with van der Waals surface area (Å²) in [4.78, 5) is 23.4. The molecule has 1 unspecified atom stereocenters. The number of aliphatic imine (C=N–C) groups is 1. The number of carbonyl (C=O) groups is 1. The summed E-state index contributed by atoms with van der Waals surface area (Å²) in [6.45, 7) is 3.20. The van der Waals surface area contributed by atoms with Crippen molar-refractivity contribution in [2.75, 3.05) is 45.2 Å². The van der Waals surface area contributed by atoms with E-state index in [2.05, 4.69) is 36.2 Å². The summed E-state index contributed by atoms with van der Waals surface area (Å²) in [6.07, 6.45) is 2.04. The Kier molecular flexibility index (Phi) is 5.99. The van der Waals surface area contributed by atoms with Crippen molar-refractivity contribution in [2.24, 2.45) is 4.99 Å². The molecule has 4 rings (SSSR count). The third kappa shape index (κ3) is 4.09. The standard InChI is InChI=1S/C22H24FN3OS2/c1-25-11-13-26(14-12-25)21(27)20-24-22(15-29-20,16-3-7-18(23)8-4-16)17-5-9-19(28-2)10-6-17/h3-10H,11-15H2,1-2H3. The van der Waals surface area contributed by atoms with Crippen LogP contribution in [0.5, 0.6) is 0 Å². The number of halogens is 1. The van der Waals surface area contributed by atoms with E-state index in [1.165, 1.54) is 28.8 Å². The summed E-state index contributed by atoms with van der Waals surface area (Å²) < 4.78 is 13.6. The van der Waals surface area contributed by atoms with E-state index in [0.29, 0.717) is 10.8 Å². The van der Waals surface area contributed by atoms with E-state index in [4.69, 9.17) is 4.99 Å². The van der Waals surface area contributed by atoms with Gasteiger partial charge in [-0.05, 0) is 48.7 Å². The number of benzene rings is 2. The van der Waals surface area contributed by atoms with Crippen molar-refractivity contribution >= 4 is 34.5 Å². The van der Waals surface area contributed by atoms with Gasteiger partial charge in [0, 0.05) is 36.8 Å². The molecule has 1 atom stereocenters. The van der Waals surface area contributed by atoms with E-state index >= 15 is 0 Å². The first-order valence-electron chi connectivity index (χ1n) is 9.63. The van der Waals surface area contributed by atoms with Crippen LogP contribution in [-0.4, -0.2) is 66.0 Å².